The van der Waals surface area contributed by atoms with E-state index >= 15 is 0 Å². The fourth-order valence-electron chi connectivity index (χ4n) is 3.29. The van der Waals surface area contributed by atoms with Gasteiger partial charge in [-0.3, -0.25) is 4.79 Å². The second-order valence-corrected chi connectivity index (χ2v) is 6.59. The van der Waals surface area contributed by atoms with Gasteiger partial charge in [0.25, 0.3) is 0 Å². The van der Waals surface area contributed by atoms with Crippen LogP contribution in [0.1, 0.15) is 35.6 Å². The highest BCUT2D eigenvalue weighted by atomic mass is 19.4. The van der Waals surface area contributed by atoms with Crippen LogP contribution in [0.4, 0.5) is 18.9 Å². The average Bonchev–Trinajstić information content (AvgIpc) is 3.09. The molecule has 6 heteroatoms. The lowest BCUT2D eigenvalue weighted by Gasteiger charge is -2.25. The fraction of sp³-hybridized carbons (Fsp3) is 0.350. The van der Waals surface area contributed by atoms with Crippen molar-refractivity contribution in [2.24, 2.45) is 0 Å². The Balaban J connectivity index is 1.65. The summed E-state index contributed by atoms with van der Waals surface area (Å²) in [5.41, 5.74) is 1.82. The quantitative estimate of drug-likeness (QED) is 0.848. The summed E-state index contributed by atoms with van der Waals surface area (Å²) < 4.78 is 38.3. The Kier molecular flexibility index (Phi) is 5.20. The van der Waals surface area contributed by atoms with Crippen molar-refractivity contribution in [3.8, 4) is 0 Å². The maximum absolute atomic E-state index is 12.8. The summed E-state index contributed by atoms with van der Waals surface area (Å²) >= 11 is 0. The molecule has 1 heterocycles. The number of benzene rings is 2. The molecule has 0 radical (unpaired) electrons. The maximum atomic E-state index is 12.8. The van der Waals surface area contributed by atoms with Gasteiger partial charge in [0.1, 0.15) is 0 Å². The maximum Gasteiger partial charge on any atom is 0.416 e. The average molecular weight is 362 g/mol. The minimum Gasteiger partial charge on any atom is -0.376 e. The molecule has 3 rings (SSSR count). The zero-order valence-corrected chi connectivity index (χ0v) is 14.5. The summed E-state index contributed by atoms with van der Waals surface area (Å²) in [4.78, 5) is 14.4. The van der Waals surface area contributed by atoms with Gasteiger partial charge in [0.05, 0.1) is 18.2 Å². The fourth-order valence-corrected chi connectivity index (χ4v) is 3.29. The molecule has 3 nitrogen and oxygen atoms in total. The molecule has 138 valence electrons. The summed E-state index contributed by atoms with van der Waals surface area (Å²) in [7, 11) is 0. The Labute approximate surface area is 150 Å². The number of nitrogens with one attached hydrogen (secondary N) is 1. The van der Waals surface area contributed by atoms with Crippen LogP contribution in [0.3, 0.4) is 0 Å². The lowest BCUT2D eigenvalue weighted by Crippen LogP contribution is -2.35. The zero-order chi connectivity index (χ0) is 18.7. The molecular formula is C20H21F3N2O. The molecule has 1 aliphatic rings. The van der Waals surface area contributed by atoms with E-state index in [0.717, 1.165) is 36.1 Å². The van der Waals surface area contributed by atoms with Gasteiger partial charge in [-0.05, 0) is 43.5 Å². The number of hydrogen-bond donors (Lipinski definition) is 1. The number of alkyl halides is 3. The van der Waals surface area contributed by atoms with E-state index < -0.39 is 11.7 Å². The third-order valence-electron chi connectivity index (χ3n) is 4.67. The van der Waals surface area contributed by atoms with Gasteiger partial charge in [-0.1, -0.05) is 35.9 Å². The van der Waals surface area contributed by atoms with Crippen molar-refractivity contribution in [3.63, 3.8) is 0 Å². The molecule has 0 spiro atoms. The number of likely N-dealkylation sites (tertiary alicyclic amines) is 1. The summed E-state index contributed by atoms with van der Waals surface area (Å²) in [6.45, 7) is 2.66. The van der Waals surface area contributed by atoms with E-state index in [2.05, 4.69) is 5.32 Å². The van der Waals surface area contributed by atoms with E-state index in [9.17, 15) is 18.0 Å². The Morgan fingerprint density at radius 1 is 1.19 bits per heavy atom. The van der Waals surface area contributed by atoms with E-state index in [0.29, 0.717) is 12.2 Å². The highest BCUT2D eigenvalue weighted by Gasteiger charge is 2.31. The van der Waals surface area contributed by atoms with Crippen LogP contribution in [0.5, 0.6) is 0 Å². The van der Waals surface area contributed by atoms with Gasteiger partial charge in [-0.2, -0.15) is 13.2 Å². The number of nitrogens with zero attached hydrogens (tertiary/aromatic N) is 1. The van der Waals surface area contributed by atoms with E-state index in [4.69, 9.17) is 0 Å². The molecule has 1 N–H and O–H groups in total. The normalized spacial score (nSPS) is 17.4. The van der Waals surface area contributed by atoms with Crippen LogP contribution in [0.25, 0.3) is 0 Å². The van der Waals surface area contributed by atoms with E-state index in [1.807, 2.05) is 36.1 Å². The van der Waals surface area contributed by atoms with Crippen LogP contribution in [-0.4, -0.2) is 23.9 Å². The standard InChI is InChI=1S/C20H21F3N2O/c1-14-7-9-15(10-8-14)18-6-3-11-25(18)19(26)13-24-17-5-2-4-16(12-17)20(21,22)23/h2,4-5,7-10,12,18,24H,3,6,11,13H2,1H3. The minimum atomic E-state index is -4.40. The molecule has 0 bridgehead atoms. The second-order valence-electron chi connectivity index (χ2n) is 6.59. The van der Waals surface area contributed by atoms with Gasteiger partial charge >= 0.3 is 6.18 Å². The van der Waals surface area contributed by atoms with E-state index in [1.54, 1.807) is 0 Å². The SMILES string of the molecule is Cc1ccc(C2CCCN2C(=O)CNc2cccc(C(F)(F)F)c2)cc1. The molecule has 0 aliphatic carbocycles. The largest absolute Gasteiger partial charge is 0.416 e. The van der Waals surface area contributed by atoms with Crippen LogP contribution < -0.4 is 5.32 Å². The predicted octanol–water partition coefficient (Wildman–Crippen LogP) is 4.79. The molecule has 26 heavy (non-hydrogen) atoms. The summed E-state index contributed by atoms with van der Waals surface area (Å²) in [6.07, 6.45) is -2.57. The van der Waals surface area contributed by atoms with Gasteiger partial charge in [-0.25, -0.2) is 0 Å². The van der Waals surface area contributed by atoms with Gasteiger partial charge in [0, 0.05) is 12.2 Å². The second kappa shape index (κ2) is 7.40. The first-order valence-corrected chi connectivity index (χ1v) is 8.62. The number of amides is 1. The van der Waals surface area contributed by atoms with Crippen LogP contribution in [0.2, 0.25) is 0 Å². The van der Waals surface area contributed by atoms with Crippen LogP contribution in [-0.2, 0) is 11.0 Å². The zero-order valence-electron chi connectivity index (χ0n) is 14.5. The van der Waals surface area contributed by atoms with Crippen molar-refractivity contribution < 1.29 is 18.0 Å². The first kappa shape index (κ1) is 18.3. The van der Waals surface area contributed by atoms with Crippen molar-refractivity contribution in [1.82, 2.24) is 4.90 Å². The van der Waals surface area contributed by atoms with Crippen LogP contribution in [0.15, 0.2) is 48.5 Å². The summed E-state index contributed by atoms with van der Waals surface area (Å²) in [5, 5.41) is 2.82. The van der Waals surface area contributed by atoms with Crippen molar-refractivity contribution in [2.75, 3.05) is 18.4 Å². The molecule has 1 atom stereocenters. The highest BCUT2D eigenvalue weighted by Crippen LogP contribution is 2.33. The smallest absolute Gasteiger partial charge is 0.376 e. The van der Waals surface area contributed by atoms with Gasteiger partial charge in [0.2, 0.25) is 5.91 Å². The van der Waals surface area contributed by atoms with Crippen LogP contribution >= 0.6 is 0 Å². The lowest BCUT2D eigenvalue weighted by molar-refractivity contribution is -0.137. The predicted molar refractivity (Wildman–Crippen MR) is 94.8 cm³/mol. The van der Waals surface area contributed by atoms with Crippen LogP contribution in [0, 0.1) is 6.92 Å². The topological polar surface area (TPSA) is 32.3 Å². The Morgan fingerprint density at radius 2 is 1.92 bits per heavy atom. The van der Waals surface area contributed by atoms with Gasteiger partial charge < -0.3 is 10.2 Å². The molecule has 1 aliphatic heterocycles. The minimum absolute atomic E-state index is 0.0241. The van der Waals surface area contributed by atoms with Crippen molar-refractivity contribution in [3.05, 3.63) is 65.2 Å². The number of rotatable bonds is 4. The first-order valence-electron chi connectivity index (χ1n) is 8.62. The summed E-state index contributed by atoms with van der Waals surface area (Å²) in [6, 6.07) is 13.1. The number of hydrogen-bond acceptors (Lipinski definition) is 2. The third kappa shape index (κ3) is 4.18. The van der Waals surface area contributed by atoms with E-state index in [1.165, 1.54) is 12.1 Å². The molecule has 0 aromatic heterocycles. The Hall–Kier alpha value is -2.50. The van der Waals surface area contributed by atoms with Gasteiger partial charge in [0.15, 0.2) is 0 Å². The summed E-state index contributed by atoms with van der Waals surface area (Å²) in [5.74, 6) is -0.106. The highest BCUT2D eigenvalue weighted by molar-refractivity contribution is 5.81. The Bertz CT molecular complexity index is 771. The van der Waals surface area contributed by atoms with Crippen molar-refractivity contribution in [1.29, 1.82) is 0 Å². The van der Waals surface area contributed by atoms with Gasteiger partial charge in [-0.15, -0.1) is 0 Å². The molecular weight excluding hydrogens is 341 g/mol. The number of aryl methyl sites for hydroxylation is 1. The number of halogens is 3. The molecule has 2 aromatic rings. The van der Waals surface area contributed by atoms with Crippen molar-refractivity contribution in [2.45, 2.75) is 32.0 Å². The molecule has 1 fully saturated rings. The monoisotopic (exact) mass is 362 g/mol. The molecule has 1 amide bonds. The van der Waals surface area contributed by atoms with E-state index in [-0.39, 0.29) is 18.5 Å². The lowest BCUT2D eigenvalue weighted by atomic mass is 10.0. The number of carbonyl (C=O) groups excluding carboxylic acids is 1. The van der Waals surface area contributed by atoms with Crippen molar-refractivity contribution >= 4 is 11.6 Å². The molecule has 0 saturated carbocycles. The molecule has 1 saturated heterocycles. The number of carbonyl (C=O) groups is 1. The first-order chi connectivity index (χ1) is 12.3. The number of anilines is 1. The Morgan fingerprint density at radius 3 is 2.62 bits per heavy atom. The third-order valence-corrected chi connectivity index (χ3v) is 4.67. The molecule has 2 aromatic carbocycles. The molecule has 1 unspecified atom stereocenters.